The molecule has 0 heterocycles. The minimum Gasteiger partial charge on any atom is -0.478 e. The lowest BCUT2D eigenvalue weighted by Crippen LogP contribution is -2.40. The summed E-state index contributed by atoms with van der Waals surface area (Å²) < 4.78 is 18.8. The first-order chi connectivity index (χ1) is 10.5. The van der Waals surface area contributed by atoms with Gasteiger partial charge in [0, 0.05) is 12.1 Å². The summed E-state index contributed by atoms with van der Waals surface area (Å²) in [6.07, 6.45) is 10.2. The molecule has 0 atom stereocenters. The minimum atomic E-state index is -0.610. The standard InChI is InChI=1S/C17H19ClFNO2/c1-2-10-22-15-7-6-13(11-14(15)19)16(21)20-12-17(18)8-4-3-5-9-17/h1,6-7,11H,3-5,8-10,12H2,(H,20,21). The third kappa shape index (κ3) is 4.38. The highest BCUT2D eigenvalue weighted by Gasteiger charge is 2.29. The number of terminal acetylenes is 1. The third-order valence-electron chi connectivity index (χ3n) is 3.82. The van der Waals surface area contributed by atoms with E-state index in [1.165, 1.54) is 18.6 Å². The third-order valence-corrected chi connectivity index (χ3v) is 4.33. The van der Waals surface area contributed by atoms with E-state index in [2.05, 4.69) is 11.2 Å². The zero-order valence-corrected chi connectivity index (χ0v) is 13.1. The van der Waals surface area contributed by atoms with Crippen LogP contribution in [0.1, 0.15) is 42.5 Å². The molecule has 2 rings (SSSR count). The van der Waals surface area contributed by atoms with Crippen LogP contribution in [0.25, 0.3) is 0 Å². The van der Waals surface area contributed by atoms with E-state index < -0.39 is 5.82 Å². The molecule has 1 aromatic rings. The maximum Gasteiger partial charge on any atom is 0.251 e. The molecule has 0 saturated heterocycles. The average molecular weight is 324 g/mol. The summed E-state index contributed by atoms with van der Waals surface area (Å²) in [7, 11) is 0. The van der Waals surface area contributed by atoms with Crippen LogP contribution in [0.4, 0.5) is 4.39 Å². The number of halogens is 2. The summed E-state index contributed by atoms with van der Waals surface area (Å²) in [6.45, 7) is 0.377. The maximum atomic E-state index is 13.8. The fourth-order valence-corrected chi connectivity index (χ4v) is 2.92. The zero-order valence-electron chi connectivity index (χ0n) is 12.3. The molecule has 1 amide bonds. The smallest absolute Gasteiger partial charge is 0.251 e. The van der Waals surface area contributed by atoms with Crippen molar-refractivity contribution in [2.24, 2.45) is 0 Å². The maximum absolute atomic E-state index is 13.8. The lowest BCUT2D eigenvalue weighted by Gasteiger charge is -2.31. The van der Waals surface area contributed by atoms with Gasteiger partial charge >= 0.3 is 0 Å². The average Bonchev–Trinajstić information content (AvgIpc) is 2.52. The molecule has 1 aliphatic rings. The fraction of sp³-hybridized carbons (Fsp3) is 0.471. The van der Waals surface area contributed by atoms with Crippen LogP contribution in [0.5, 0.6) is 5.75 Å². The van der Waals surface area contributed by atoms with Crippen LogP contribution < -0.4 is 10.1 Å². The monoisotopic (exact) mass is 323 g/mol. The number of ether oxygens (including phenoxy) is 1. The molecular formula is C17H19ClFNO2. The molecule has 0 unspecified atom stereocenters. The van der Waals surface area contributed by atoms with Crippen LogP contribution in [0.2, 0.25) is 0 Å². The Labute approximate surface area is 135 Å². The van der Waals surface area contributed by atoms with E-state index in [1.54, 1.807) is 0 Å². The number of benzene rings is 1. The number of carbonyl (C=O) groups is 1. The first-order valence-electron chi connectivity index (χ1n) is 7.37. The number of amides is 1. The second-order valence-corrected chi connectivity index (χ2v) is 6.33. The number of rotatable bonds is 5. The molecule has 0 radical (unpaired) electrons. The van der Waals surface area contributed by atoms with Crippen LogP contribution in [0, 0.1) is 18.2 Å². The Kier molecular flexibility index (Phi) is 5.68. The summed E-state index contributed by atoms with van der Waals surface area (Å²) in [5.74, 6) is 1.35. The normalized spacial score (nSPS) is 16.6. The first kappa shape index (κ1) is 16.6. The second-order valence-electron chi connectivity index (χ2n) is 5.53. The van der Waals surface area contributed by atoms with E-state index in [1.807, 2.05) is 0 Å². The van der Waals surface area contributed by atoms with E-state index in [0.29, 0.717) is 6.54 Å². The highest BCUT2D eigenvalue weighted by atomic mass is 35.5. The summed E-state index contributed by atoms with van der Waals surface area (Å²) in [5, 5.41) is 2.79. The van der Waals surface area contributed by atoms with Crippen molar-refractivity contribution < 1.29 is 13.9 Å². The largest absolute Gasteiger partial charge is 0.478 e. The fourth-order valence-electron chi connectivity index (χ4n) is 2.58. The number of hydrogen-bond donors (Lipinski definition) is 1. The zero-order chi connectivity index (χ0) is 16.0. The quantitative estimate of drug-likeness (QED) is 0.665. The van der Waals surface area contributed by atoms with E-state index in [4.69, 9.17) is 22.8 Å². The van der Waals surface area contributed by atoms with Gasteiger partial charge in [-0.05, 0) is 31.0 Å². The summed E-state index contributed by atoms with van der Waals surface area (Å²) in [4.78, 5) is 11.7. The summed E-state index contributed by atoms with van der Waals surface area (Å²) >= 11 is 6.49. The lowest BCUT2D eigenvalue weighted by atomic mass is 9.88. The molecule has 5 heteroatoms. The van der Waals surface area contributed by atoms with Gasteiger partial charge in [0.2, 0.25) is 0 Å². The van der Waals surface area contributed by atoms with Crippen LogP contribution in [0.15, 0.2) is 18.2 Å². The Balaban J connectivity index is 1.95. The van der Waals surface area contributed by atoms with Crippen molar-refractivity contribution in [1.82, 2.24) is 5.32 Å². The summed E-state index contributed by atoms with van der Waals surface area (Å²) in [6, 6.07) is 4.05. The van der Waals surface area contributed by atoms with Crippen LogP contribution in [0.3, 0.4) is 0 Å². The van der Waals surface area contributed by atoms with Gasteiger partial charge in [0.05, 0.1) is 4.87 Å². The molecule has 1 N–H and O–H groups in total. The molecule has 0 aliphatic heterocycles. The van der Waals surface area contributed by atoms with Gasteiger partial charge in [0.15, 0.2) is 11.6 Å². The minimum absolute atomic E-state index is 0.0166. The molecule has 0 aromatic heterocycles. The molecule has 0 bridgehead atoms. The van der Waals surface area contributed by atoms with E-state index in [9.17, 15) is 9.18 Å². The van der Waals surface area contributed by atoms with Crippen molar-refractivity contribution in [3.05, 3.63) is 29.6 Å². The molecule has 1 fully saturated rings. The van der Waals surface area contributed by atoms with Crippen molar-refractivity contribution in [2.45, 2.75) is 37.0 Å². The molecule has 0 spiro atoms. The predicted octanol–water partition coefficient (Wildman–Crippen LogP) is 3.51. The number of alkyl halides is 1. The van der Waals surface area contributed by atoms with E-state index in [0.717, 1.165) is 31.7 Å². The Hall–Kier alpha value is -1.73. The molecule has 118 valence electrons. The van der Waals surface area contributed by atoms with Gasteiger partial charge in [-0.3, -0.25) is 4.79 Å². The number of carbonyl (C=O) groups excluding carboxylic acids is 1. The predicted molar refractivity (Wildman–Crippen MR) is 84.7 cm³/mol. The molecule has 1 aliphatic carbocycles. The van der Waals surface area contributed by atoms with Gasteiger partial charge in [-0.15, -0.1) is 18.0 Å². The van der Waals surface area contributed by atoms with Crippen LogP contribution in [-0.2, 0) is 0 Å². The van der Waals surface area contributed by atoms with Crippen molar-refractivity contribution in [2.75, 3.05) is 13.2 Å². The van der Waals surface area contributed by atoms with E-state index in [-0.39, 0.29) is 28.7 Å². The Morgan fingerprint density at radius 3 is 2.77 bits per heavy atom. The van der Waals surface area contributed by atoms with Gasteiger partial charge in [-0.2, -0.15) is 0 Å². The van der Waals surface area contributed by atoms with Crippen molar-refractivity contribution >= 4 is 17.5 Å². The molecule has 1 aromatic carbocycles. The van der Waals surface area contributed by atoms with Gasteiger partial charge in [0.1, 0.15) is 6.61 Å². The molecule has 3 nitrogen and oxygen atoms in total. The molecule has 22 heavy (non-hydrogen) atoms. The Morgan fingerprint density at radius 1 is 1.41 bits per heavy atom. The number of nitrogens with one attached hydrogen (secondary N) is 1. The topological polar surface area (TPSA) is 38.3 Å². The number of hydrogen-bond acceptors (Lipinski definition) is 2. The highest BCUT2D eigenvalue weighted by Crippen LogP contribution is 2.33. The van der Waals surface area contributed by atoms with Gasteiger partial charge in [0.25, 0.3) is 5.91 Å². The van der Waals surface area contributed by atoms with E-state index >= 15 is 0 Å². The van der Waals surface area contributed by atoms with Gasteiger partial charge in [-0.25, -0.2) is 4.39 Å². The van der Waals surface area contributed by atoms with Crippen molar-refractivity contribution in [1.29, 1.82) is 0 Å². The highest BCUT2D eigenvalue weighted by molar-refractivity contribution is 6.24. The van der Waals surface area contributed by atoms with Gasteiger partial charge < -0.3 is 10.1 Å². The van der Waals surface area contributed by atoms with Crippen molar-refractivity contribution in [3.8, 4) is 18.1 Å². The van der Waals surface area contributed by atoms with Gasteiger partial charge in [-0.1, -0.05) is 25.2 Å². The lowest BCUT2D eigenvalue weighted by molar-refractivity contribution is 0.0945. The van der Waals surface area contributed by atoms with Crippen LogP contribution in [-0.4, -0.2) is 23.9 Å². The summed E-state index contributed by atoms with van der Waals surface area (Å²) in [5.41, 5.74) is 0.238. The van der Waals surface area contributed by atoms with Crippen LogP contribution >= 0.6 is 11.6 Å². The Bertz CT molecular complexity index is 577. The second kappa shape index (κ2) is 7.51. The Morgan fingerprint density at radius 2 is 2.14 bits per heavy atom. The SMILES string of the molecule is C#CCOc1ccc(C(=O)NCC2(Cl)CCCCC2)cc1F. The molecule has 1 saturated carbocycles. The van der Waals surface area contributed by atoms with Crippen molar-refractivity contribution in [3.63, 3.8) is 0 Å². The first-order valence-corrected chi connectivity index (χ1v) is 7.75. The molecular weight excluding hydrogens is 305 g/mol.